The minimum absolute atomic E-state index is 0. The van der Waals surface area contributed by atoms with Crippen LogP contribution in [0.2, 0.25) is 0 Å². The van der Waals surface area contributed by atoms with Gasteiger partial charge in [0.25, 0.3) is 0 Å². The first kappa shape index (κ1) is 23.0. The van der Waals surface area contributed by atoms with Gasteiger partial charge in [0.15, 0.2) is 11.8 Å². The fourth-order valence-corrected chi connectivity index (χ4v) is 4.52. The van der Waals surface area contributed by atoms with Gasteiger partial charge in [0, 0.05) is 37.8 Å². The quantitative estimate of drug-likeness (QED) is 0.295. The van der Waals surface area contributed by atoms with E-state index in [1.807, 2.05) is 12.1 Å². The molecular formula is C22H34IN7. The van der Waals surface area contributed by atoms with E-state index in [1.54, 1.807) is 0 Å². The van der Waals surface area contributed by atoms with E-state index >= 15 is 0 Å². The van der Waals surface area contributed by atoms with Gasteiger partial charge >= 0.3 is 0 Å². The maximum absolute atomic E-state index is 4.83. The van der Waals surface area contributed by atoms with E-state index < -0.39 is 0 Å². The van der Waals surface area contributed by atoms with Gasteiger partial charge in [-0.05, 0) is 43.7 Å². The molecule has 2 aliphatic rings. The molecule has 1 aromatic heterocycles. The van der Waals surface area contributed by atoms with Gasteiger partial charge < -0.3 is 15.5 Å². The van der Waals surface area contributed by atoms with Gasteiger partial charge in [0.1, 0.15) is 6.33 Å². The Hall–Kier alpha value is -1.68. The minimum Gasteiger partial charge on any atom is -0.357 e. The highest BCUT2D eigenvalue weighted by Crippen LogP contribution is 2.26. The summed E-state index contributed by atoms with van der Waals surface area (Å²) in [4.78, 5) is 11.7. The lowest BCUT2D eigenvalue weighted by Gasteiger charge is -2.21. The first-order chi connectivity index (χ1) is 14.3. The third-order valence-corrected chi connectivity index (χ3v) is 5.98. The van der Waals surface area contributed by atoms with Gasteiger partial charge in [0.2, 0.25) is 0 Å². The summed E-state index contributed by atoms with van der Waals surface area (Å²) < 4.78 is 0. The van der Waals surface area contributed by atoms with Crippen molar-refractivity contribution >= 4 is 29.9 Å². The van der Waals surface area contributed by atoms with E-state index in [9.17, 15) is 0 Å². The van der Waals surface area contributed by atoms with E-state index in [2.05, 4.69) is 49.8 Å². The molecule has 2 heterocycles. The smallest absolute Gasteiger partial charge is 0.191 e. The van der Waals surface area contributed by atoms with E-state index in [-0.39, 0.29) is 24.0 Å². The number of nitrogens with zero attached hydrogens (tertiary/aromatic N) is 4. The third-order valence-electron chi connectivity index (χ3n) is 5.98. The van der Waals surface area contributed by atoms with E-state index in [1.165, 1.54) is 51.5 Å². The van der Waals surface area contributed by atoms with Crippen LogP contribution in [0.3, 0.4) is 0 Å². The predicted molar refractivity (Wildman–Crippen MR) is 132 cm³/mol. The minimum atomic E-state index is 0. The normalized spacial score (nSPS) is 20.3. The summed E-state index contributed by atoms with van der Waals surface area (Å²) in [6.45, 7) is 7.22. The number of halogens is 1. The van der Waals surface area contributed by atoms with Crippen LogP contribution in [0, 0.1) is 5.92 Å². The summed E-state index contributed by atoms with van der Waals surface area (Å²) in [5.74, 6) is 2.62. The van der Waals surface area contributed by atoms with Crippen LogP contribution < -0.4 is 10.6 Å². The van der Waals surface area contributed by atoms with Crippen LogP contribution in [0.5, 0.6) is 0 Å². The van der Waals surface area contributed by atoms with Crippen molar-refractivity contribution in [3.8, 4) is 11.4 Å². The highest BCUT2D eigenvalue weighted by Gasteiger charge is 2.26. The topological polar surface area (TPSA) is 81.2 Å². The maximum Gasteiger partial charge on any atom is 0.191 e. The van der Waals surface area contributed by atoms with Crippen molar-refractivity contribution in [3.05, 3.63) is 36.2 Å². The molecule has 1 aliphatic carbocycles. The lowest BCUT2D eigenvalue weighted by Crippen LogP contribution is -2.44. The Kier molecular flexibility index (Phi) is 8.92. The first-order valence-electron chi connectivity index (χ1n) is 11.0. The van der Waals surface area contributed by atoms with Crippen molar-refractivity contribution in [2.24, 2.45) is 10.9 Å². The Labute approximate surface area is 196 Å². The Balaban J connectivity index is 0.00000256. The largest absolute Gasteiger partial charge is 0.357 e. The number of nitrogens with one attached hydrogen (secondary N) is 3. The van der Waals surface area contributed by atoms with Gasteiger partial charge in [-0.1, -0.05) is 31.0 Å². The number of aliphatic imine (C=N–C) groups is 1. The lowest BCUT2D eigenvalue weighted by atomic mass is 10.1. The highest BCUT2D eigenvalue weighted by molar-refractivity contribution is 14.0. The molecule has 0 radical (unpaired) electrons. The molecule has 7 nitrogen and oxygen atoms in total. The molecule has 1 saturated heterocycles. The Morgan fingerprint density at radius 2 is 2.13 bits per heavy atom. The van der Waals surface area contributed by atoms with E-state index in [0.29, 0.717) is 12.6 Å². The average Bonchev–Trinajstić information content (AvgIpc) is 3.50. The van der Waals surface area contributed by atoms with E-state index in [4.69, 9.17) is 4.99 Å². The Morgan fingerprint density at radius 3 is 2.90 bits per heavy atom. The van der Waals surface area contributed by atoms with Crippen molar-refractivity contribution in [2.45, 2.75) is 51.6 Å². The number of hydrogen-bond acceptors (Lipinski definition) is 4. The SMILES string of the molecule is CCNC(=NCc1cccc(-c2ncn[nH]2)c1)NC1CCN(CC2CCCC2)C1.I. The van der Waals surface area contributed by atoms with Gasteiger partial charge in [-0.25, -0.2) is 9.98 Å². The second-order valence-corrected chi connectivity index (χ2v) is 8.27. The summed E-state index contributed by atoms with van der Waals surface area (Å²) in [6.07, 6.45) is 8.42. The van der Waals surface area contributed by atoms with Crippen LogP contribution in [0.1, 0.15) is 44.6 Å². The maximum atomic E-state index is 4.83. The van der Waals surface area contributed by atoms with Crippen molar-refractivity contribution in [1.82, 2.24) is 30.7 Å². The molecule has 0 spiro atoms. The molecule has 0 amide bonds. The molecule has 1 atom stereocenters. The number of benzene rings is 1. The van der Waals surface area contributed by atoms with Gasteiger partial charge in [-0.2, -0.15) is 5.10 Å². The fraction of sp³-hybridized carbons (Fsp3) is 0.591. The second-order valence-electron chi connectivity index (χ2n) is 8.27. The molecule has 2 fully saturated rings. The number of aromatic amines is 1. The number of aromatic nitrogens is 3. The highest BCUT2D eigenvalue weighted by atomic mass is 127. The fourth-order valence-electron chi connectivity index (χ4n) is 4.52. The Bertz CT molecular complexity index is 787. The number of guanidine groups is 1. The number of hydrogen-bond donors (Lipinski definition) is 3. The van der Waals surface area contributed by atoms with Crippen LogP contribution in [0.4, 0.5) is 0 Å². The average molecular weight is 523 g/mol. The van der Waals surface area contributed by atoms with Crippen LogP contribution in [0.25, 0.3) is 11.4 Å². The van der Waals surface area contributed by atoms with Crippen molar-refractivity contribution < 1.29 is 0 Å². The summed E-state index contributed by atoms with van der Waals surface area (Å²) >= 11 is 0. The number of H-pyrrole nitrogens is 1. The standard InChI is InChI=1S/C22H33N7.HI/c1-2-23-22(27-20-10-11-29(15-20)14-17-6-3-4-7-17)24-13-18-8-5-9-19(12-18)21-25-16-26-28-21;/h5,8-9,12,16-17,20H,2-4,6-7,10-11,13-15H2,1H3,(H2,23,24,27)(H,25,26,28);1H. The summed E-state index contributed by atoms with van der Waals surface area (Å²) in [6, 6.07) is 8.78. The Morgan fingerprint density at radius 1 is 1.27 bits per heavy atom. The molecule has 0 bridgehead atoms. The van der Waals surface area contributed by atoms with Crippen LogP contribution >= 0.6 is 24.0 Å². The summed E-state index contributed by atoms with van der Waals surface area (Å²) in [7, 11) is 0. The first-order valence-corrected chi connectivity index (χ1v) is 11.0. The number of likely N-dealkylation sites (tertiary alicyclic amines) is 1. The monoisotopic (exact) mass is 523 g/mol. The zero-order chi connectivity index (χ0) is 19.9. The lowest BCUT2D eigenvalue weighted by molar-refractivity contribution is 0.275. The van der Waals surface area contributed by atoms with Crippen molar-refractivity contribution in [3.63, 3.8) is 0 Å². The van der Waals surface area contributed by atoms with Gasteiger partial charge in [0.05, 0.1) is 6.54 Å². The molecule has 4 rings (SSSR count). The molecule has 1 saturated carbocycles. The van der Waals surface area contributed by atoms with Crippen LogP contribution in [-0.2, 0) is 6.54 Å². The molecule has 1 aliphatic heterocycles. The molecule has 1 aromatic carbocycles. The second kappa shape index (κ2) is 11.6. The van der Waals surface area contributed by atoms with E-state index in [0.717, 1.165) is 41.9 Å². The van der Waals surface area contributed by atoms with Crippen LogP contribution in [-0.4, -0.2) is 58.3 Å². The predicted octanol–water partition coefficient (Wildman–Crippen LogP) is 3.41. The molecule has 2 aromatic rings. The van der Waals surface area contributed by atoms with Crippen molar-refractivity contribution in [2.75, 3.05) is 26.2 Å². The molecule has 1 unspecified atom stereocenters. The molecule has 3 N–H and O–H groups in total. The van der Waals surface area contributed by atoms with Crippen molar-refractivity contribution in [1.29, 1.82) is 0 Å². The molecule has 164 valence electrons. The van der Waals surface area contributed by atoms with Gasteiger partial charge in [-0.15, -0.1) is 24.0 Å². The zero-order valence-electron chi connectivity index (χ0n) is 17.8. The van der Waals surface area contributed by atoms with Gasteiger partial charge in [-0.3, -0.25) is 5.10 Å². The van der Waals surface area contributed by atoms with Crippen LogP contribution in [0.15, 0.2) is 35.6 Å². The number of rotatable bonds is 7. The summed E-state index contributed by atoms with van der Waals surface area (Å²) in [5, 5.41) is 13.9. The third kappa shape index (κ3) is 6.41. The summed E-state index contributed by atoms with van der Waals surface area (Å²) in [5.41, 5.74) is 2.19. The molecule has 8 heteroatoms. The zero-order valence-corrected chi connectivity index (χ0v) is 20.1. The molecule has 30 heavy (non-hydrogen) atoms. The molecular weight excluding hydrogens is 489 g/mol.